The van der Waals surface area contributed by atoms with Crippen molar-refractivity contribution in [3.63, 3.8) is 0 Å². The Kier molecular flexibility index (Phi) is 4.94. The van der Waals surface area contributed by atoms with E-state index in [2.05, 4.69) is 14.7 Å². The average Bonchev–Trinajstić information content (AvgIpc) is 2.42. The molecule has 22 heavy (non-hydrogen) atoms. The highest BCUT2D eigenvalue weighted by Gasteiger charge is 2.20. The van der Waals surface area contributed by atoms with Crippen molar-refractivity contribution >= 4 is 39.0 Å². The molecular weight excluding hydrogens is 345 g/mol. The molecule has 2 aromatic rings. The summed E-state index contributed by atoms with van der Waals surface area (Å²) in [5, 5.41) is 0.467. The summed E-state index contributed by atoms with van der Waals surface area (Å²) >= 11 is 11.9. The number of halogens is 2. The first-order chi connectivity index (χ1) is 10.2. The molecule has 0 fully saturated rings. The lowest BCUT2D eigenvalue weighted by Gasteiger charge is -2.11. The number of hydrogen-bond donors (Lipinski definition) is 1. The van der Waals surface area contributed by atoms with E-state index in [-0.39, 0.29) is 21.7 Å². The van der Waals surface area contributed by atoms with E-state index in [1.807, 2.05) is 13.8 Å². The van der Waals surface area contributed by atoms with Crippen LogP contribution < -0.4 is 4.72 Å². The molecule has 5 nitrogen and oxygen atoms in total. The lowest BCUT2D eigenvalue weighted by molar-refractivity contribution is 0.601. The molecule has 0 saturated heterocycles. The van der Waals surface area contributed by atoms with Gasteiger partial charge in [0.25, 0.3) is 10.0 Å². The van der Waals surface area contributed by atoms with Gasteiger partial charge in [0.1, 0.15) is 16.5 Å². The Balaban J connectivity index is 2.40. The second-order valence-corrected chi connectivity index (χ2v) is 7.56. The van der Waals surface area contributed by atoms with Crippen LogP contribution in [-0.2, 0) is 10.0 Å². The van der Waals surface area contributed by atoms with Crippen molar-refractivity contribution in [2.75, 3.05) is 4.72 Å². The highest BCUT2D eigenvalue weighted by atomic mass is 35.5. The summed E-state index contributed by atoms with van der Waals surface area (Å²) in [5.74, 6) is 0.840. The molecule has 2 rings (SSSR count). The predicted octanol–water partition coefficient (Wildman–Crippen LogP) is 4.02. The Labute approximate surface area is 139 Å². The van der Waals surface area contributed by atoms with Crippen molar-refractivity contribution in [2.24, 2.45) is 0 Å². The van der Waals surface area contributed by atoms with Gasteiger partial charge in [-0.15, -0.1) is 0 Å². The van der Waals surface area contributed by atoms with E-state index in [4.69, 9.17) is 23.2 Å². The van der Waals surface area contributed by atoms with Gasteiger partial charge in [0.2, 0.25) is 0 Å². The number of benzene rings is 1. The Hall–Kier alpha value is -1.37. The summed E-state index contributed by atoms with van der Waals surface area (Å²) in [5.41, 5.74) is 0.622. The van der Waals surface area contributed by atoms with Crippen LogP contribution >= 0.6 is 23.2 Å². The van der Waals surface area contributed by atoms with E-state index in [0.717, 1.165) is 0 Å². The van der Waals surface area contributed by atoms with Gasteiger partial charge < -0.3 is 0 Å². The number of rotatable bonds is 4. The predicted molar refractivity (Wildman–Crippen MR) is 88.1 cm³/mol. The molecule has 0 bridgehead atoms. The fraction of sp³-hybridized carbons (Fsp3) is 0.286. The lowest BCUT2D eigenvalue weighted by Crippen LogP contribution is -2.15. The summed E-state index contributed by atoms with van der Waals surface area (Å²) in [6.07, 6.45) is 1.51. The molecule has 1 aromatic heterocycles. The van der Waals surface area contributed by atoms with Crippen LogP contribution in [0.3, 0.4) is 0 Å². The van der Waals surface area contributed by atoms with Crippen LogP contribution in [0.1, 0.15) is 31.2 Å². The zero-order valence-electron chi connectivity index (χ0n) is 12.3. The molecule has 1 N–H and O–H groups in total. The average molecular weight is 360 g/mol. The fourth-order valence-electron chi connectivity index (χ4n) is 1.74. The van der Waals surface area contributed by atoms with Crippen LogP contribution in [0, 0.1) is 6.92 Å². The third kappa shape index (κ3) is 3.69. The summed E-state index contributed by atoms with van der Waals surface area (Å²) < 4.78 is 27.3. The van der Waals surface area contributed by atoms with Crippen LogP contribution in [0.15, 0.2) is 29.3 Å². The van der Waals surface area contributed by atoms with E-state index in [0.29, 0.717) is 16.4 Å². The molecular formula is C14H15Cl2N3O2S. The van der Waals surface area contributed by atoms with Gasteiger partial charge in [-0.25, -0.2) is 18.4 Å². The maximum atomic E-state index is 12.5. The van der Waals surface area contributed by atoms with Crippen molar-refractivity contribution in [1.82, 2.24) is 9.97 Å². The molecule has 1 aromatic carbocycles. The second kappa shape index (κ2) is 6.40. The van der Waals surface area contributed by atoms with Gasteiger partial charge in [0.15, 0.2) is 0 Å². The van der Waals surface area contributed by atoms with Gasteiger partial charge >= 0.3 is 0 Å². The van der Waals surface area contributed by atoms with Crippen LogP contribution in [-0.4, -0.2) is 18.4 Å². The first-order valence-corrected chi connectivity index (χ1v) is 8.76. The summed E-state index contributed by atoms with van der Waals surface area (Å²) in [6, 6.07) is 4.32. The largest absolute Gasteiger partial charge is 0.264 e. The molecule has 1 heterocycles. The normalized spacial score (nSPS) is 11.7. The number of aromatic nitrogens is 2. The SMILES string of the molecule is Cc1cc(S(=O)(=O)Nc2ccnc(C(C)C)n2)c(Cl)cc1Cl. The molecule has 0 amide bonds. The highest BCUT2D eigenvalue weighted by Crippen LogP contribution is 2.29. The fourth-order valence-corrected chi connectivity index (χ4v) is 3.57. The second-order valence-electron chi connectivity index (χ2n) is 5.09. The van der Waals surface area contributed by atoms with Crippen LogP contribution in [0.5, 0.6) is 0 Å². The molecule has 0 aliphatic rings. The Morgan fingerprint density at radius 3 is 2.50 bits per heavy atom. The van der Waals surface area contributed by atoms with Crippen molar-refractivity contribution < 1.29 is 8.42 Å². The van der Waals surface area contributed by atoms with Crippen molar-refractivity contribution in [2.45, 2.75) is 31.6 Å². The Bertz CT molecular complexity index is 808. The molecule has 8 heteroatoms. The van der Waals surface area contributed by atoms with Gasteiger partial charge in [-0.3, -0.25) is 4.72 Å². The zero-order valence-corrected chi connectivity index (χ0v) is 14.6. The van der Waals surface area contributed by atoms with Crippen LogP contribution in [0.25, 0.3) is 0 Å². The minimum Gasteiger partial charge on any atom is -0.263 e. The van der Waals surface area contributed by atoms with Gasteiger partial charge in [0, 0.05) is 17.1 Å². The van der Waals surface area contributed by atoms with Crippen LogP contribution in [0.4, 0.5) is 5.82 Å². The van der Waals surface area contributed by atoms with Gasteiger partial charge in [0.05, 0.1) is 5.02 Å². The molecule has 0 aliphatic heterocycles. The number of hydrogen-bond acceptors (Lipinski definition) is 4. The molecule has 0 saturated carbocycles. The number of aryl methyl sites for hydroxylation is 1. The zero-order chi connectivity index (χ0) is 16.5. The van der Waals surface area contributed by atoms with Crippen LogP contribution in [0.2, 0.25) is 10.0 Å². The minimum absolute atomic E-state index is 0.0409. The molecule has 0 unspecified atom stereocenters. The van der Waals surface area contributed by atoms with Crippen molar-refractivity contribution in [1.29, 1.82) is 0 Å². The lowest BCUT2D eigenvalue weighted by atomic mass is 10.2. The smallest absolute Gasteiger partial charge is 0.263 e. The van der Waals surface area contributed by atoms with E-state index in [1.54, 1.807) is 6.92 Å². The number of nitrogens with zero attached hydrogens (tertiary/aromatic N) is 2. The molecule has 0 spiro atoms. The minimum atomic E-state index is -3.86. The summed E-state index contributed by atoms with van der Waals surface area (Å²) in [6.45, 7) is 5.55. The summed E-state index contributed by atoms with van der Waals surface area (Å²) in [4.78, 5) is 8.24. The number of anilines is 1. The van der Waals surface area contributed by atoms with E-state index in [9.17, 15) is 8.42 Å². The molecule has 118 valence electrons. The van der Waals surface area contributed by atoms with Crippen molar-refractivity contribution in [3.8, 4) is 0 Å². The molecule has 0 radical (unpaired) electrons. The van der Waals surface area contributed by atoms with E-state index in [1.165, 1.54) is 24.4 Å². The van der Waals surface area contributed by atoms with Gasteiger partial charge in [-0.2, -0.15) is 0 Å². The summed E-state index contributed by atoms with van der Waals surface area (Å²) in [7, 11) is -3.86. The number of sulfonamides is 1. The third-order valence-electron chi connectivity index (χ3n) is 2.93. The van der Waals surface area contributed by atoms with Crippen molar-refractivity contribution in [3.05, 3.63) is 45.8 Å². The van der Waals surface area contributed by atoms with Gasteiger partial charge in [-0.1, -0.05) is 37.0 Å². The van der Waals surface area contributed by atoms with E-state index >= 15 is 0 Å². The monoisotopic (exact) mass is 359 g/mol. The Morgan fingerprint density at radius 1 is 1.18 bits per heavy atom. The molecule has 0 aliphatic carbocycles. The Morgan fingerprint density at radius 2 is 1.86 bits per heavy atom. The topological polar surface area (TPSA) is 72.0 Å². The highest BCUT2D eigenvalue weighted by molar-refractivity contribution is 7.92. The molecule has 0 atom stereocenters. The first kappa shape index (κ1) is 17.0. The maximum Gasteiger partial charge on any atom is 0.264 e. The standard InChI is InChI=1S/C14H15Cl2N3O2S/c1-8(2)14-17-5-4-13(18-14)19-22(20,21)12-6-9(3)10(15)7-11(12)16/h4-8H,1-3H3,(H,17,18,19). The quantitative estimate of drug-likeness (QED) is 0.894. The number of nitrogens with one attached hydrogen (secondary N) is 1. The first-order valence-electron chi connectivity index (χ1n) is 6.52. The van der Waals surface area contributed by atoms with E-state index < -0.39 is 10.0 Å². The maximum absolute atomic E-state index is 12.5. The third-order valence-corrected chi connectivity index (χ3v) is 5.16. The van der Waals surface area contributed by atoms with Gasteiger partial charge in [-0.05, 0) is 30.7 Å².